The van der Waals surface area contributed by atoms with Gasteiger partial charge in [-0.15, -0.1) is 0 Å². The van der Waals surface area contributed by atoms with Crippen LogP contribution in [0, 0.1) is 12.7 Å². The molecule has 0 spiro atoms. The molecule has 2 rings (SSSR count). The van der Waals surface area contributed by atoms with Crippen molar-refractivity contribution in [3.05, 3.63) is 52.8 Å². The number of halogens is 2. The maximum Gasteiger partial charge on any atom is 0.262 e. The van der Waals surface area contributed by atoms with Crippen molar-refractivity contribution in [2.75, 3.05) is 17.7 Å². The molecule has 1 amide bonds. The van der Waals surface area contributed by atoms with E-state index in [2.05, 4.69) is 5.32 Å². The predicted molar refractivity (Wildman–Crippen MR) is 81.1 cm³/mol. The number of carbonyl (C=O) groups is 1. The average molecular weight is 309 g/mol. The average Bonchev–Trinajstić information content (AvgIpc) is 2.43. The Morgan fingerprint density at radius 2 is 2.14 bits per heavy atom. The highest BCUT2D eigenvalue weighted by Crippen LogP contribution is 2.24. The number of benzene rings is 2. The first-order chi connectivity index (χ1) is 9.97. The van der Waals surface area contributed by atoms with E-state index in [-0.39, 0.29) is 12.4 Å². The summed E-state index contributed by atoms with van der Waals surface area (Å²) in [6, 6.07) is 9.47. The molecule has 0 radical (unpaired) electrons. The van der Waals surface area contributed by atoms with E-state index in [0.717, 1.165) is 0 Å². The van der Waals surface area contributed by atoms with Crippen LogP contribution in [0.25, 0.3) is 0 Å². The zero-order valence-corrected chi connectivity index (χ0v) is 12.1. The summed E-state index contributed by atoms with van der Waals surface area (Å²) in [5.41, 5.74) is 6.93. The molecule has 0 saturated heterocycles. The zero-order chi connectivity index (χ0) is 15.4. The summed E-state index contributed by atoms with van der Waals surface area (Å²) >= 11 is 5.94. The fourth-order valence-electron chi connectivity index (χ4n) is 1.69. The van der Waals surface area contributed by atoms with E-state index in [9.17, 15) is 9.18 Å². The smallest absolute Gasteiger partial charge is 0.262 e. The van der Waals surface area contributed by atoms with Crippen molar-refractivity contribution in [2.45, 2.75) is 6.92 Å². The van der Waals surface area contributed by atoms with Gasteiger partial charge in [0.05, 0.1) is 10.7 Å². The summed E-state index contributed by atoms with van der Waals surface area (Å²) in [5, 5.41) is 2.89. The Morgan fingerprint density at radius 1 is 1.38 bits per heavy atom. The lowest BCUT2D eigenvalue weighted by molar-refractivity contribution is -0.118. The predicted octanol–water partition coefficient (Wildman–Crippen LogP) is 3.39. The second-order valence-electron chi connectivity index (χ2n) is 4.46. The summed E-state index contributed by atoms with van der Waals surface area (Å²) < 4.78 is 18.9. The monoisotopic (exact) mass is 308 g/mol. The number of amides is 1. The molecule has 0 aliphatic heterocycles. The van der Waals surface area contributed by atoms with Gasteiger partial charge in [-0.2, -0.15) is 0 Å². The number of nitrogens with two attached hydrogens (primary N) is 1. The van der Waals surface area contributed by atoms with Crippen molar-refractivity contribution in [3.8, 4) is 5.75 Å². The van der Waals surface area contributed by atoms with Crippen LogP contribution in [0.4, 0.5) is 15.8 Å². The zero-order valence-electron chi connectivity index (χ0n) is 11.3. The fourth-order valence-corrected chi connectivity index (χ4v) is 1.93. The molecule has 0 heterocycles. The van der Waals surface area contributed by atoms with Gasteiger partial charge in [-0.05, 0) is 36.8 Å². The lowest BCUT2D eigenvalue weighted by Gasteiger charge is -2.10. The van der Waals surface area contributed by atoms with Crippen LogP contribution in [0.3, 0.4) is 0 Å². The normalized spacial score (nSPS) is 10.2. The van der Waals surface area contributed by atoms with E-state index in [4.69, 9.17) is 22.1 Å². The van der Waals surface area contributed by atoms with Gasteiger partial charge in [0.2, 0.25) is 0 Å². The van der Waals surface area contributed by atoms with Gasteiger partial charge in [-0.3, -0.25) is 4.79 Å². The van der Waals surface area contributed by atoms with Crippen molar-refractivity contribution < 1.29 is 13.9 Å². The Labute approximate surface area is 126 Å². The van der Waals surface area contributed by atoms with E-state index >= 15 is 0 Å². The molecule has 2 aromatic rings. The highest BCUT2D eigenvalue weighted by atomic mass is 35.5. The van der Waals surface area contributed by atoms with Crippen LogP contribution in [0.5, 0.6) is 5.75 Å². The standard InChI is InChI=1S/C15H14ClFN2O2/c1-9-3-2-4-13(15(9)17)21-8-14(20)19-12-6-5-10(18)7-11(12)16/h2-7H,8,18H2,1H3,(H,19,20). The van der Waals surface area contributed by atoms with Gasteiger partial charge in [-0.25, -0.2) is 4.39 Å². The van der Waals surface area contributed by atoms with Crippen LogP contribution in [0.2, 0.25) is 5.02 Å². The lowest BCUT2D eigenvalue weighted by Crippen LogP contribution is -2.20. The molecule has 2 aromatic carbocycles. The summed E-state index contributed by atoms with van der Waals surface area (Å²) in [5.74, 6) is -0.882. The van der Waals surface area contributed by atoms with Crippen molar-refractivity contribution in [2.24, 2.45) is 0 Å². The van der Waals surface area contributed by atoms with Crippen LogP contribution < -0.4 is 15.8 Å². The van der Waals surface area contributed by atoms with Crippen LogP contribution in [-0.2, 0) is 4.79 Å². The molecular formula is C15H14ClFN2O2. The van der Waals surface area contributed by atoms with Crippen LogP contribution >= 0.6 is 11.6 Å². The van der Waals surface area contributed by atoms with Crippen molar-refractivity contribution in [1.82, 2.24) is 0 Å². The van der Waals surface area contributed by atoms with Crippen molar-refractivity contribution in [3.63, 3.8) is 0 Å². The quantitative estimate of drug-likeness (QED) is 0.851. The van der Waals surface area contributed by atoms with Crippen molar-refractivity contribution in [1.29, 1.82) is 0 Å². The first kappa shape index (κ1) is 15.1. The first-order valence-electron chi connectivity index (χ1n) is 6.20. The SMILES string of the molecule is Cc1cccc(OCC(=O)Nc2ccc(N)cc2Cl)c1F. The minimum atomic E-state index is -0.476. The summed E-state index contributed by atoms with van der Waals surface area (Å²) in [7, 11) is 0. The molecule has 21 heavy (non-hydrogen) atoms. The highest BCUT2D eigenvalue weighted by Gasteiger charge is 2.10. The maximum atomic E-state index is 13.7. The second kappa shape index (κ2) is 6.45. The van der Waals surface area contributed by atoms with Gasteiger partial charge in [0.15, 0.2) is 18.2 Å². The largest absolute Gasteiger partial charge is 0.481 e. The van der Waals surface area contributed by atoms with Crippen molar-refractivity contribution >= 4 is 28.9 Å². The number of rotatable bonds is 4. The lowest BCUT2D eigenvalue weighted by atomic mass is 10.2. The Kier molecular flexibility index (Phi) is 4.65. The molecule has 0 fully saturated rings. The topological polar surface area (TPSA) is 64.3 Å². The van der Waals surface area contributed by atoms with Gasteiger partial charge < -0.3 is 15.8 Å². The van der Waals surface area contributed by atoms with Gasteiger partial charge in [0, 0.05) is 5.69 Å². The molecule has 0 aromatic heterocycles. The van der Waals surface area contributed by atoms with Gasteiger partial charge in [0.25, 0.3) is 5.91 Å². The number of nitrogens with one attached hydrogen (secondary N) is 1. The molecule has 0 aliphatic rings. The van der Waals surface area contributed by atoms with E-state index in [1.165, 1.54) is 12.1 Å². The van der Waals surface area contributed by atoms with E-state index < -0.39 is 11.7 Å². The Morgan fingerprint density at radius 3 is 2.86 bits per heavy atom. The summed E-state index contributed by atoms with van der Waals surface area (Å²) in [6.07, 6.45) is 0. The molecule has 110 valence electrons. The molecule has 0 aliphatic carbocycles. The third kappa shape index (κ3) is 3.86. The summed E-state index contributed by atoms with van der Waals surface area (Å²) in [6.45, 7) is 1.30. The van der Waals surface area contributed by atoms with Crippen LogP contribution in [0.1, 0.15) is 5.56 Å². The minimum absolute atomic E-state index is 0.0357. The highest BCUT2D eigenvalue weighted by molar-refractivity contribution is 6.34. The number of ether oxygens (including phenoxy) is 1. The Balaban J connectivity index is 1.97. The molecule has 0 atom stereocenters. The second-order valence-corrected chi connectivity index (χ2v) is 4.87. The number of anilines is 2. The third-order valence-electron chi connectivity index (χ3n) is 2.78. The minimum Gasteiger partial charge on any atom is -0.481 e. The fraction of sp³-hybridized carbons (Fsp3) is 0.133. The molecule has 0 unspecified atom stereocenters. The van der Waals surface area contributed by atoms with Crippen LogP contribution in [-0.4, -0.2) is 12.5 Å². The molecule has 6 heteroatoms. The number of hydrogen-bond acceptors (Lipinski definition) is 3. The first-order valence-corrected chi connectivity index (χ1v) is 6.58. The van der Waals surface area contributed by atoms with E-state index in [1.807, 2.05) is 0 Å². The van der Waals surface area contributed by atoms with Crippen LogP contribution in [0.15, 0.2) is 36.4 Å². The molecule has 0 saturated carbocycles. The molecule has 3 N–H and O–H groups in total. The van der Waals surface area contributed by atoms with E-state index in [0.29, 0.717) is 22.0 Å². The number of hydrogen-bond donors (Lipinski definition) is 2. The Hall–Kier alpha value is -2.27. The number of carbonyl (C=O) groups excluding carboxylic acids is 1. The van der Waals surface area contributed by atoms with Gasteiger partial charge in [-0.1, -0.05) is 23.7 Å². The molecular weight excluding hydrogens is 295 g/mol. The Bertz CT molecular complexity index is 677. The number of nitrogen functional groups attached to an aromatic ring is 1. The number of aryl methyl sites for hydroxylation is 1. The van der Waals surface area contributed by atoms with Gasteiger partial charge >= 0.3 is 0 Å². The maximum absolute atomic E-state index is 13.7. The molecule has 0 bridgehead atoms. The third-order valence-corrected chi connectivity index (χ3v) is 3.10. The van der Waals surface area contributed by atoms with Gasteiger partial charge in [0.1, 0.15) is 0 Å². The molecule has 4 nitrogen and oxygen atoms in total. The van der Waals surface area contributed by atoms with E-state index in [1.54, 1.807) is 31.2 Å². The summed E-state index contributed by atoms with van der Waals surface area (Å²) in [4.78, 5) is 11.8.